The van der Waals surface area contributed by atoms with Crippen LogP contribution in [0.2, 0.25) is 0 Å². The van der Waals surface area contributed by atoms with Gasteiger partial charge in [-0.25, -0.2) is 0 Å². The van der Waals surface area contributed by atoms with Gasteiger partial charge in [-0.05, 0) is 46.2 Å². The molecule has 26 heavy (non-hydrogen) atoms. The number of nitrogens with one attached hydrogen (secondary N) is 2. The van der Waals surface area contributed by atoms with Crippen molar-refractivity contribution >= 4 is 11.8 Å². The molecule has 1 saturated heterocycles. The molecular formula is C19H35N3O4. The Morgan fingerprint density at radius 3 is 2.50 bits per heavy atom. The van der Waals surface area contributed by atoms with Gasteiger partial charge in [-0.2, -0.15) is 0 Å². The molecule has 1 heterocycles. The Bertz CT molecular complexity index is 452. The number of amides is 2. The average molecular weight is 370 g/mol. The number of carbonyl (C=O) groups is 2. The van der Waals surface area contributed by atoms with Crippen LogP contribution in [0.3, 0.4) is 0 Å². The first kappa shape index (κ1) is 21.1. The first-order valence-corrected chi connectivity index (χ1v) is 9.97. The maximum Gasteiger partial charge on any atom is 0.234 e. The smallest absolute Gasteiger partial charge is 0.234 e. The summed E-state index contributed by atoms with van der Waals surface area (Å²) in [5.74, 6) is 0.297. The zero-order valence-corrected chi connectivity index (χ0v) is 16.2. The summed E-state index contributed by atoms with van der Waals surface area (Å²) in [6.45, 7) is 0.818. The van der Waals surface area contributed by atoms with Gasteiger partial charge in [0.2, 0.25) is 11.8 Å². The van der Waals surface area contributed by atoms with E-state index in [9.17, 15) is 14.7 Å². The summed E-state index contributed by atoms with van der Waals surface area (Å²) in [6.07, 6.45) is 7.55. The number of hydrogen-bond acceptors (Lipinski definition) is 5. The number of likely N-dealkylation sites (N-methyl/N-ethyl adjacent to an activating group) is 1. The number of carbonyl (C=O) groups excluding carboxylic acids is 2. The number of aliphatic hydroxyl groups is 1. The van der Waals surface area contributed by atoms with E-state index >= 15 is 0 Å². The molecule has 2 rings (SSSR count). The van der Waals surface area contributed by atoms with Crippen molar-refractivity contribution in [2.45, 2.75) is 69.6 Å². The van der Waals surface area contributed by atoms with Crippen molar-refractivity contribution in [2.24, 2.45) is 5.92 Å². The summed E-state index contributed by atoms with van der Waals surface area (Å²) in [5.41, 5.74) is 0. The predicted octanol–water partition coefficient (Wildman–Crippen LogP) is 0.659. The Kier molecular flexibility index (Phi) is 8.81. The van der Waals surface area contributed by atoms with Gasteiger partial charge in [-0.1, -0.05) is 19.3 Å². The molecule has 3 atom stereocenters. The lowest BCUT2D eigenvalue weighted by atomic mass is 9.88. The van der Waals surface area contributed by atoms with Crippen LogP contribution in [0, 0.1) is 5.92 Å². The maximum absolute atomic E-state index is 12.2. The Morgan fingerprint density at radius 2 is 1.85 bits per heavy atom. The summed E-state index contributed by atoms with van der Waals surface area (Å²) < 4.78 is 5.95. The summed E-state index contributed by atoms with van der Waals surface area (Å²) in [4.78, 5) is 25.9. The van der Waals surface area contributed by atoms with Gasteiger partial charge in [0.1, 0.15) is 6.10 Å². The summed E-state index contributed by atoms with van der Waals surface area (Å²) in [5, 5.41) is 15.6. The van der Waals surface area contributed by atoms with Gasteiger partial charge < -0.3 is 25.4 Å². The minimum Gasteiger partial charge on any atom is -0.394 e. The van der Waals surface area contributed by atoms with Crippen LogP contribution in [0.25, 0.3) is 0 Å². The lowest BCUT2D eigenvalue weighted by molar-refractivity contribution is -0.130. The molecule has 2 amide bonds. The van der Waals surface area contributed by atoms with Crippen LogP contribution in [0.4, 0.5) is 0 Å². The lowest BCUT2D eigenvalue weighted by Gasteiger charge is -2.36. The molecule has 7 nitrogen and oxygen atoms in total. The third-order valence-corrected chi connectivity index (χ3v) is 5.34. The molecule has 0 bridgehead atoms. The highest BCUT2D eigenvalue weighted by molar-refractivity contribution is 5.78. The minimum absolute atomic E-state index is 0.0146. The van der Waals surface area contributed by atoms with Crippen molar-refractivity contribution < 1.29 is 19.4 Å². The monoisotopic (exact) mass is 369 g/mol. The van der Waals surface area contributed by atoms with E-state index < -0.39 is 0 Å². The highest BCUT2D eigenvalue weighted by atomic mass is 16.5. The molecule has 0 aromatic carbocycles. The van der Waals surface area contributed by atoms with E-state index in [4.69, 9.17) is 4.74 Å². The normalized spacial score (nSPS) is 27.3. The Hall–Kier alpha value is -1.18. The number of rotatable bonds is 8. The number of aliphatic hydroxyl groups excluding tert-OH is 1. The van der Waals surface area contributed by atoms with Crippen molar-refractivity contribution in [1.29, 1.82) is 0 Å². The molecule has 1 saturated carbocycles. The summed E-state index contributed by atoms with van der Waals surface area (Å²) in [6, 6.07) is -0.152. The van der Waals surface area contributed by atoms with Crippen LogP contribution in [-0.4, -0.2) is 73.9 Å². The van der Waals surface area contributed by atoms with Gasteiger partial charge in [-0.15, -0.1) is 0 Å². The van der Waals surface area contributed by atoms with Gasteiger partial charge in [-0.3, -0.25) is 9.59 Å². The number of nitrogens with zero attached hydrogens (tertiary/aromatic N) is 1. The van der Waals surface area contributed by atoms with Gasteiger partial charge in [0.15, 0.2) is 0 Å². The Morgan fingerprint density at radius 1 is 1.12 bits per heavy atom. The van der Waals surface area contributed by atoms with Gasteiger partial charge >= 0.3 is 0 Å². The van der Waals surface area contributed by atoms with Crippen molar-refractivity contribution in [3.8, 4) is 0 Å². The second-order valence-corrected chi connectivity index (χ2v) is 7.88. The molecule has 0 aromatic rings. The number of hydrogen-bond donors (Lipinski definition) is 3. The minimum atomic E-state index is -0.381. The quantitative estimate of drug-likeness (QED) is 0.585. The Balaban J connectivity index is 1.69. The van der Waals surface area contributed by atoms with Crippen LogP contribution < -0.4 is 10.6 Å². The van der Waals surface area contributed by atoms with Crippen molar-refractivity contribution in [1.82, 2.24) is 15.5 Å². The zero-order chi connectivity index (χ0) is 18.9. The van der Waals surface area contributed by atoms with E-state index in [1.165, 1.54) is 6.42 Å². The predicted molar refractivity (Wildman–Crippen MR) is 99.7 cm³/mol. The van der Waals surface area contributed by atoms with E-state index in [0.717, 1.165) is 44.9 Å². The van der Waals surface area contributed by atoms with Crippen LogP contribution in [0.15, 0.2) is 0 Å². The zero-order valence-electron chi connectivity index (χ0n) is 16.2. The van der Waals surface area contributed by atoms with E-state index in [1.54, 1.807) is 0 Å². The molecule has 2 fully saturated rings. The van der Waals surface area contributed by atoms with Crippen LogP contribution in [-0.2, 0) is 14.3 Å². The standard InChI is InChI=1S/C19H35N3O4/c1-22(2)12-18(24)21-16-9-8-15(26-17(16)13-23)10-11-20-19(25)14-6-4-3-5-7-14/h14-17,23H,3-13H2,1-2H3,(H,20,25)(H,21,24)/t15-,16-,17-/m1/s1. The van der Waals surface area contributed by atoms with E-state index in [-0.39, 0.29) is 42.6 Å². The molecule has 2 aliphatic rings. The summed E-state index contributed by atoms with van der Waals surface area (Å²) in [7, 11) is 3.69. The van der Waals surface area contributed by atoms with E-state index in [2.05, 4.69) is 10.6 Å². The molecule has 1 aliphatic heterocycles. The van der Waals surface area contributed by atoms with E-state index in [1.807, 2.05) is 19.0 Å². The van der Waals surface area contributed by atoms with Crippen LogP contribution in [0.1, 0.15) is 51.4 Å². The summed E-state index contributed by atoms with van der Waals surface area (Å²) >= 11 is 0. The van der Waals surface area contributed by atoms with Gasteiger partial charge in [0, 0.05) is 12.5 Å². The molecule has 0 spiro atoms. The molecule has 0 aromatic heterocycles. The average Bonchev–Trinajstić information content (AvgIpc) is 2.62. The van der Waals surface area contributed by atoms with Gasteiger partial charge in [0.05, 0.1) is 25.3 Å². The third kappa shape index (κ3) is 6.85. The Labute approximate surface area is 156 Å². The molecule has 3 N–H and O–H groups in total. The van der Waals surface area contributed by atoms with Crippen LogP contribution >= 0.6 is 0 Å². The molecule has 7 heteroatoms. The van der Waals surface area contributed by atoms with Crippen LogP contribution in [0.5, 0.6) is 0 Å². The fraction of sp³-hybridized carbons (Fsp3) is 0.895. The molecule has 150 valence electrons. The SMILES string of the molecule is CN(C)CC(=O)N[C@@H]1CC[C@H](CCNC(=O)C2CCCCC2)O[C@@H]1CO. The second kappa shape index (κ2) is 10.8. The maximum atomic E-state index is 12.2. The molecule has 0 unspecified atom stereocenters. The lowest BCUT2D eigenvalue weighted by Crippen LogP contribution is -2.52. The van der Waals surface area contributed by atoms with E-state index in [0.29, 0.717) is 13.1 Å². The number of ether oxygens (including phenoxy) is 1. The molecule has 1 aliphatic carbocycles. The van der Waals surface area contributed by atoms with Crippen molar-refractivity contribution in [3.05, 3.63) is 0 Å². The van der Waals surface area contributed by atoms with Gasteiger partial charge in [0.25, 0.3) is 0 Å². The molecular weight excluding hydrogens is 334 g/mol. The largest absolute Gasteiger partial charge is 0.394 e. The highest BCUT2D eigenvalue weighted by Crippen LogP contribution is 2.24. The fourth-order valence-electron chi connectivity index (χ4n) is 3.91. The van der Waals surface area contributed by atoms with Crippen molar-refractivity contribution in [2.75, 3.05) is 33.8 Å². The first-order chi connectivity index (χ1) is 12.5. The second-order valence-electron chi connectivity index (χ2n) is 7.88. The highest BCUT2D eigenvalue weighted by Gasteiger charge is 2.32. The van der Waals surface area contributed by atoms with Crippen molar-refractivity contribution in [3.63, 3.8) is 0 Å². The third-order valence-electron chi connectivity index (χ3n) is 5.34. The topological polar surface area (TPSA) is 90.9 Å². The fourth-order valence-corrected chi connectivity index (χ4v) is 3.91. The first-order valence-electron chi connectivity index (χ1n) is 9.97. The molecule has 0 radical (unpaired) electrons.